The molecule has 0 aliphatic heterocycles. The van der Waals surface area contributed by atoms with Crippen LogP contribution in [0.4, 0.5) is 0 Å². The lowest BCUT2D eigenvalue weighted by atomic mass is 10.0. The predicted molar refractivity (Wildman–Crippen MR) is 81.7 cm³/mol. The molecule has 0 bridgehead atoms. The summed E-state index contributed by atoms with van der Waals surface area (Å²) in [7, 11) is -2.15. The van der Waals surface area contributed by atoms with Crippen LogP contribution in [-0.2, 0) is 19.6 Å². The van der Waals surface area contributed by atoms with Crippen LogP contribution in [0.5, 0.6) is 0 Å². The zero-order chi connectivity index (χ0) is 16.8. The predicted octanol–water partition coefficient (Wildman–Crippen LogP) is 0.600. The third kappa shape index (κ3) is 5.45. The minimum Gasteiger partial charge on any atom is -0.481 e. The molecule has 8 heteroatoms. The molecule has 22 heavy (non-hydrogen) atoms. The normalized spacial score (nSPS) is 12.9. The number of benzene rings is 1. The van der Waals surface area contributed by atoms with E-state index in [1.807, 2.05) is 0 Å². The van der Waals surface area contributed by atoms with Gasteiger partial charge in [0.2, 0.25) is 15.9 Å². The fraction of sp³-hybridized carbons (Fsp3) is 0.429. The van der Waals surface area contributed by atoms with Gasteiger partial charge >= 0.3 is 5.97 Å². The highest BCUT2D eigenvalue weighted by Gasteiger charge is 2.22. The molecule has 1 aromatic rings. The van der Waals surface area contributed by atoms with Crippen LogP contribution in [0.25, 0.3) is 0 Å². The third-order valence-electron chi connectivity index (χ3n) is 3.12. The number of carbonyl (C=O) groups is 2. The van der Waals surface area contributed by atoms with Gasteiger partial charge in [-0.3, -0.25) is 9.59 Å². The van der Waals surface area contributed by atoms with Gasteiger partial charge in [0.25, 0.3) is 0 Å². The van der Waals surface area contributed by atoms with E-state index < -0.39 is 27.9 Å². The van der Waals surface area contributed by atoms with E-state index in [0.717, 1.165) is 4.31 Å². The maximum absolute atomic E-state index is 12.0. The monoisotopic (exact) mass is 328 g/mol. The topological polar surface area (TPSA) is 104 Å². The third-order valence-corrected chi connectivity index (χ3v) is 4.93. The Bertz CT molecular complexity index is 615. The number of carboxylic acid groups (broad SMARTS) is 1. The molecular formula is C14H20N2O5S. The van der Waals surface area contributed by atoms with E-state index in [2.05, 4.69) is 5.32 Å². The fourth-order valence-electron chi connectivity index (χ4n) is 1.87. The van der Waals surface area contributed by atoms with Gasteiger partial charge in [-0.1, -0.05) is 30.3 Å². The molecule has 1 unspecified atom stereocenters. The lowest BCUT2D eigenvalue weighted by molar-refractivity contribution is -0.137. The van der Waals surface area contributed by atoms with Crippen molar-refractivity contribution in [1.29, 1.82) is 0 Å². The van der Waals surface area contributed by atoms with E-state index in [-0.39, 0.29) is 18.7 Å². The van der Waals surface area contributed by atoms with E-state index in [0.29, 0.717) is 5.56 Å². The van der Waals surface area contributed by atoms with Gasteiger partial charge in [0, 0.05) is 7.05 Å². The van der Waals surface area contributed by atoms with Crippen LogP contribution < -0.4 is 5.32 Å². The molecule has 1 aromatic carbocycles. The number of hydrogen-bond acceptors (Lipinski definition) is 4. The van der Waals surface area contributed by atoms with Crippen molar-refractivity contribution in [2.45, 2.75) is 19.4 Å². The van der Waals surface area contributed by atoms with Gasteiger partial charge < -0.3 is 10.4 Å². The summed E-state index contributed by atoms with van der Waals surface area (Å²) in [5.41, 5.74) is 0.652. The summed E-state index contributed by atoms with van der Waals surface area (Å²) in [6.45, 7) is 1.14. The Labute approximate surface area is 130 Å². The summed E-state index contributed by atoms with van der Waals surface area (Å²) in [6, 6.07) is 7.98. The number of sulfonamides is 1. The van der Waals surface area contributed by atoms with E-state index in [1.165, 1.54) is 14.0 Å². The van der Waals surface area contributed by atoms with Crippen LogP contribution >= 0.6 is 0 Å². The van der Waals surface area contributed by atoms with Crippen molar-refractivity contribution in [3.05, 3.63) is 35.9 Å². The number of carboxylic acids is 1. The Morgan fingerprint density at radius 2 is 1.86 bits per heavy atom. The fourth-order valence-corrected chi connectivity index (χ4v) is 2.63. The molecule has 1 atom stereocenters. The van der Waals surface area contributed by atoms with Crippen LogP contribution in [0.15, 0.2) is 30.3 Å². The lowest BCUT2D eigenvalue weighted by Gasteiger charge is -2.20. The van der Waals surface area contributed by atoms with Crippen molar-refractivity contribution in [3.8, 4) is 0 Å². The molecule has 0 fully saturated rings. The maximum Gasteiger partial charge on any atom is 0.305 e. The molecule has 0 heterocycles. The highest BCUT2D eigenvalue weighted by Crippen LogP contribution is 2.16. The van der Waals surface area contributed by atoms with Gasteiger partial charge in [-0.2, -0.15) is 4.31 Å². The molecular weight excluding hydrogens is 308 g/mol. The highest BCUT2D eigenvalue weighted by atomic mass is 32.2. The van der Waals surface area contributed by atoms with Crippen molar-refractivity contribution < 1.29 is 23.1 Å². The van der Waals surface area contributed by atoms with Gasteiger partial charge in [-0.15, -0.1) is 0 Å². The number of rotatable bonds is 8. The number of aliphatic carboxylic acids is 1. The van der Waals surface area contributed by atoms with Crippen LogP contribution in [0.1, 0.15) is 24.9 Å². The first-order valence-corrected chi connectivity index (χ1v) is 8.37. The first-order valence-electron chi connectivity index (χ1n) is 6.76. The van der Waals surface area contributed by atoms with Crippen molar-refractivity contribution in [2.24, 2.45) is 0 Å². The Morgan fingerprint density at radius 1 is 1.27 bits per heavy atom. The number of likely N-dealkylation sites (N-methyl/N-ethyl adjacent to an activating group) is 1. The smallest absolute Gasteiger partial charge is 0.305 e. The Hall–Kier alpha value is -1.93. The van der Waals surface area contributed by atoms with Crippen LogP contribution in [0.3, 0.4) is 0 Å². The molecule has 0 spiro atoms. The highest BCUT2D eigenvalue weighted by molar-refractivity contribution is 7.89. The van der Waals surface area contributed by atoms with Crippen LogP contribution in [0.2, 0.25) is 0 Å². The van der Waals surface area contributed by atoms with Gasteiger partial charge in [0.15, 0.2) is 0 Å². The zero-order valence-electron chi connectivity index (χ0n) is 12.5. The second-order valence-electron chi connectivity index (χ2n) is 4.79. The van der Waals surface area contributed by atoms with Crippen LogP contribution in [-0.4, -0.2) is 49.1 Å². The first-order chi connectivity index (χ1) is 10.3. The summed E-state index contributed by atoms with van der Waals surface area (Å²) >= 11 is 0. The molecule has 0 aliphatic rings. The minimum atomic E-state index is -3.46. The summed E-state index contributed by atoms with van der Waals surface area (Å²) in [5, 5.41) is 11.5. The van der Waals surface area contributed by atoms with Gasteiger partial charge in [0.05, 0.1) is 24.8 Å². The lowest BCUT2D eigenvalue weighted by Crippen LogP contribution is -2.40. The number of nitrogens with zero attached hydrogens (tertiary/aromatic N) is 1. The standard InChI is InChI=1S/C14H20N2O5S/c1-3-22(20,21)16(2)10-13(17)15-12(9-14(18)19)11-7-5-4-6-8-11/h4-8,12H,3,9-10H2,1-2H3,(H,15,17)(H,18,19). The average molecular weight is 328 g/mol. The summed E-state index contributed by atoms with van der Waals surface area (Å²) < 4.78 is 24.2. The Kier molecular flexibility index (Phi) is 6.51. The van der Waals surface area contributed by atoms with Crippen molar-refractivity contribution in [3.63, 3.8) is 0 Å². The molecule has 7 nitrogen and oxygen atoms in total. The van der Waals surface area contributed by atoms with E-state index in [4.69, 9.17) is 5.11 Å². The van der Waals surface area contributed by atoms with Crippen molar-refractivity contribution in [1.82, 2.24) is 9.62 Å². The maximum atomic E-state index is 12.0. The second kappa shape index (κ2) is 7.90. The van der Waals surface area contributed by atoms with Gasteiger partial charge in [0.1, 0.15) is 0 Å². The molecule has 0 saturated carbocycles. The molecule has 2 N–H and O–H groups in total. The number of carbonyl (C=O) groups excluding carboxylic acids is 1. The number of amides is 1. The summed E-state index contributed by atoms with van der Waals surface area (Å²) in [6.07, 6.45) is -0.278. The van der Waals surface area contributed by atoms with Crippen molar-refractivity contribution >= 4 is 21.9 Å². The molecule has 0 saturated heterocycles. The molecule has 0 aromatic heterocycles. The molecule has 0 aliphatic carbocycles. The van der Waals surface area contributed by atoms with Crippen molar-refractivity contribution in [2.75, 3.05) is 19.3 Å². The second-order valence-corrected chi connectivity index (χ2v) is 7.15. The summed E-state index contributed by atoms with van der Waals surface area (Å²) in [4.78, 5) is 22.9. The quantitative estimate of drug-likeness (QED) is 0.727. The molecule has 1 amide bonds. The average Bonchev–Trinajstić information content (AvgIpc) is 2.46. The summed E-state index contributed by atoms with van der Waals surface area (Å²) in [5.74, 6) is -1.70. The SMILES string of the molecule is CCS(=O)(=O)N(C)CC(=O)NC(CC(=O)O)c1ccccc1. The largest absolute Gasteiger partial charge is 0.481 e. The van der Waals surface area contributed by atoms with Crippen LogP contribution in [0, 0.1) is 0 Å². The molecule has 122 valence electrons. The Balaban J connectivity index is 2.78. The number of hydrogen-bond donors (Lipinski definition) is 2. The van der Waals surface area contributed by atoms with Gasteiger partial charge in [-0.05, 0) is 12.5 Å². The molecule has 1 rings (SSSR count). The number of nitrogens with one attached hydrogen (secondary N) is 1. The Morgan fingerprint density at radius 3 is 2.36 bits per heavy atom. The van der Waals surface area contributed by atoms with E-state index in [1.54, 1.807) is 30.3 Å². The first kappa shape index (κ1) is 18.1. The van der Waals surface area contributed by atoms with E-state index in [9.17, 15) is 18.0 Å². The minimum absolute atomic E-state index is 0.103. The molecule has 0 radical (unpaired) electrons. The van der Waals surface area contributed by atoms with E-state index >= 15 is 0 Å². The zero-order valence-corrected chi connectivity index (χ0v) is 13.3. The van der Waals surface area contributed by atoms with Gasteiger partial charge in [-0.25, -0.2) is 8.42 Å².